The van der Waals surface area contributed by atoms with E-state index in [1.54, 1.807) is 0 Å². The molecule has 0 aliphatic heterocycles. The van der Waals surface area contributed by atoms with Gasteiger partial charge in [-0.3, -0.25) is 4.79 Å². The highest BCUT2D eigenvalue weighted by molar-refractivity contribution is 6.00. The number of rotatable bonds is 2. The van der Waals surface area contributed by atoms with Crippen molar-refractivity contribution in [1.29, 1.82) is 0 Å². The summed E-state index contributed by atoms with van der Waals surface area (Å²) in [5.41, 5.74) is 0.0729. The summed E-state index contributed by atoms with van der Waals surface area (Å²) in [4.78, 5) is 21.6. The molecule has 0 atom stereocenters. The van der Waals surface area contributed by atoms with Gasteiger partial charge in [-0.1, -0.05) is 0 Å². The molecule has 5 heteroatoms. The van der Waals surface area contributed by atoms with Crippen LogP contribution >= 0.6 is 0 Å². The topological polar surface area (TPSA) is 66.4 Å². The number of benzene rings is 1. The number of nitrogens with one attached hydrogen (secondary N) is 1. The standard InChI is InChI=1S/C10H10FNO3/c1-5-3-7(10(14)15)9(4-8(5)11)12-6(2)13/h3-4H,1-2H3,(H,12,13)(H,14,15). The zero-order valence-corrected chi connectivity index (χ0v) is 8.30. The van der Waals surface area contributed by atoms with Crippen molar-refractivity contribution in [2.45, 2.75) is 13.8 Å². The lowest BCUT2D eigenvalue weighted by atomic mass is 10.1. The van der Waals surface area contributed by atoms with Crippen LogP contribution in [0.15, 0.2) is 12.1 Å². The number of halogens is 1. The van der Waals surface area contributed by atoms with Crippen molar-refractivity contribution in [1.82, 2.24) is 0 Å². The van der Waals surface area contributed by atoms with Gasteiger partial charge in [0.15, 0.2) is 0 Å². The van der Waals surface area contributed by atoms with Crippen molar-refractivity contribution in [2.75, 3.05) is 5.32 Å². The third-order valence-corrected chi connectivity index (χ3v) is 1.84. The van der Waals surface area contributed by atoms with Gasteiger partial charge in [0.05, 0.1) is 11.3 Å². The molecule has 0 aliphatic carbocycles. The van der Waals surface area contributed by atoms with Gasteiger partial charge in [0.2, 0.25) is 5.91 Å². The van der Waals surface area contributed by atoms with E-state index in [4.69, 9.17) is 5.11 Å². The number of amides is 1. The SMILES string of the molecule is CC(=O)Nc1cc(F)c(C)cc1C(=O)O. The molecule has 0 aliphatic rings. The highest BCUT2D eigenvalue weighted by Gasteiger charge is 2.13. The van der Waals surface area contributed by atoms with Crippen molar-refractivity contribution < 1.29 is 19.1 Å². The Morgan fingerprint density at radius 3 is 2.47 bits per heavy atom. The highest BCUT2D eigenvalue weighted by Crippen LogP contribution is 2.20. The molecular weight excluding hydrogens is 201 g/mol. The maximum absolute atomic E-state index is 13.1. The summed E-state index contributed by atoms with van der Waals surface area (Å²) in [7, 11) is 0. The van der Waals surface area contributed by atoms with Crippen molar-refractivity contribution >= 4 is 17.6 Å². The lowest BCUT2D eigenvalue weighted by molar-refractivity contribution is -0.114. The van der Waals surface area contributed by atoms with Crippen LogP contribution in [0.25, 0.3) is 0 Å². The van der Waals surface area contributed by atoms with Gasteiger partial charge < -0.3 is 10.4 Å². The Kier molecular flexibility index (Phi) is 3.04. The summed E-state index contributed by atoms with van der Waals surface area (Å²) in [5, 5.41) is 11.1. The van der Waals surface area contributed by atoms with E-state index in [0.29, 0.717) is 0 Å². The predicted molar refractivity (Wildman–Crippen MR) is 52.4 cm³/mol. The largest absolute Gasteiger partial charge is 0.478 e. The van der Waals surface area contributed by atoms with E-state index in [1.807, 2.05) is 0 Å². The number of carboxylic acid groups (broad SMARTS) is 1. The van der Waals surface area contributed by atoms with Gasteiger partial charge in [-0.15, -0.1) is 0 Å². The number of anilines is 1. The minimum atomic E-state index is -1.21. The quantitative estimate of drug-likeness (QED) is 0.783. The number of hydrogen-bond donors (Lipinski definition) is 2. The van der Waals surface area contributed by atoms with E-state index in [2.05, 4.69) is 5.32 Å². The van der Waals surface area contributed by atoms with Gasteiger partial charge in [0, 0.05) is 6.92 Å². The average molecular weight is 211 g/mol. The van der Waals surface area contributed by atoms with Crippen LogP contribution in [-0.2, 0) is 4.79 Å². The summed E-state index contributed by atoms with van der Waals surface area (Å²) in [5.74, 6) is -2.20. The fourth-order valence-electron chi connectivity index (χ4n) is 1.15. The second-order valence-electron chi connectivity index (χ2n) is 3.13. The fourth-order valence-corrected chi connectivity index (χ4v) is 1.15. The Labute approximate surface area is 85.7 Å². The van der Waals surface area contributed by atoms with Crippen LogP contribution in [0.2, 0.25) is 0 Å². The Morgan fingerprint density at radius 2 is 2.00 bits per heavy atom. The molecular formula is C10H10FNO3. The first-order valence-electron chi connectivity index (χ1n) is 4.23. The molecule has 15 heavy (non-hydrogen) atoms. The van der Waals surface area contributed by atoms with Crippen molar-refractivity contribution in [2.24, 2.45) is 0 Å². The van der Waals surface area contributed by atoms with Crippen molar-refractivity contribution in [3.63, 3.8) is 0 Å². The minimum Gasteiger partial charge on any atom is -0.478 e. The molecule has 0 unspecified atom stereocenters. The van der Waals surface area contributed by atoms with E-state index in [9.17, 15) is 14.0 Å². The van der Waals surface area contributed by atoms with Gasteiger partial charge in [0.25, 0.3) is 0 Å². The van der Waals surface area contributed by atoms with E-state index in [1.165, 1.54) is 19.9 Å². The molecule has 80 valence electrons. The lowest BCUT2D eigenvalue weighted by Gasteiger charge is -2.08. The number of aromatic carboxylic acids is 1. The monoisotopic (exact) mass is 211 g/mol. The lowest BCUT2D eigenvalue weighted by Crippen LogP contribution is -2.11. The zero-order valence-electron chi connectivity index (χ0n) is 8.30. The fraction of sp³-hybridized carbons (Fsp3) is 0.200. The molecule has 0 saturated carbocycles. The molecule has 0 spiro atoms. The van der Waals surface area contributed by atoms with E-state index < -0.39 is 17.7 Å². The molecule has 2 N–H and O–H groups in total. The Hall–Kier alpha value is -1.91. The highest BCUT2D eigenvalue weighted by atomic mass is 19.1. The van der Waals surface area contributed by atoms with E-state index in [-0.39, 0.29) is 16.8 Å². The Bertz CT molecular complexity index is 429. The molecule has 4 nitrogen and oxygen atoms in total. The first kappa shape index (κ1) is 11.2. The second kappa shape index (κ2) is 4.08. The third-order valence-electron chi connectivity index (χ3n) is 1.84. The summed E-state index contributed by atoms with van der Waals surface area (Å²) in [6.07, 6.45) is 0. The van der Waals surface area contributed by atoms with Gasteiger partial charge >= 0.3 is 5.97 Å². The normalized spacial score (nSPS) is 9.80. The first-order chi connectivity index (χ1) is 6.91. The number of hydrogen-bond acceptors (Lipinski definition) is 2. The second-order valence-corrected chi connectivity index (χ2v) is 3.13. The van der Waals surface area contributed by atoms with Gasteiger partial charge in [-0.2, -0.15) is 0 Å². The summed E-state index contributed by atoms with van der Waals surface area (Å²) < 4.78 is 13.1. The molecule has 0 aromatic heterocycles. The number of carbonyl (C=O) groups is 2. The number of carboxylic acids is 1. The van der Waals surface area contributed by atoms with Crippen LogP contribution in [0.1, 0.15) is 22.8 Å². The van der Waals surface area contributed by atoms with Crippen LogP contribution in [-0.4, -0.2) is 17.0 Å². The molecule has 1 aromatic carbocycles. The van der Waals surface area contributed by atoms with E-state index in [0.717, 1.165) is 6.07 Å². The van der Waals surface area contributed by atoms with Crippen LogP contribution < -0.4 is 5.32 Å². The molecule has 1 amide bonds. The summed E-state index contributed by atoms with van der Waals surface area (Å²) in [6, 6.07) is 2.18. The van der Waals surface area contributed by atoms with Gasteiger partial charge in [-0.05, 0) is 24.6 Å². The molecule has 0 saturated heterocycles. The van der Waals surface area contributed by atoms with Crippen LogP contribution in [0.3, 0.4) is 0 Å². The van der Waals surface area contributed by atoms with Crippen molar-refractivity contribution in [3.05, 3.63) is 29.1 Å². The molecule has 0 bridgehead atoms. The first-order valence-corrected chi connectivity index (χ1v) is 4.23. The molecule has 1 aromatic rings. The van der Waals surface area contributed by atoms with Crippen LogP contribution in [0.4, 0.5) is 10.1 Å². The Morgan fingerprint density at radius 1 is 1.40 bits per heavy atom. The van der Waals surface area contributed by atoms with Crippen molar-refractivity contribution in [3.8, 4) is 0 Å². The van der Waals surface area contributed by atoms with Crippen LogP contribution in [0.5, 0.6) is 0 Å². The predicted octanol–water partition coefficient (Wildman–Crippen LogP) is 1.79. The smallest absolute Gasteiger partial charge is 0.337 e. The number of carbonyl (C=O) groups excluding carboxylic acids is 1. The third kappa shape index (κ3) is 2.52. The molecule has 0 fully saturated rings. The van der Waals surface area contributed by atoms with E-state index >= 15 is 0 Å². The average Bonchev–Trinajstić information content (AvgIpc) is 2.09. The molecule has 0 radical (unpaired) electrons. The van der Waals surface area contributed by atoms with Gasteiger partial charge in [-0.25, -0.2) is 9.18 Å². The van der Waals surface area contributed by atoms with Gasteiger partial charge in [0.1, 0.15) is 5.82 Å². The summed E-state index contributed by atoms with van der Waals surface area (Å²) >= 11 is 0. The maximum Gasteiger partial charge on any atom is 0.337 e. The summed E-state index contributed by atoms with van der Waals surface area (Å²) in [6.45, 7) is 2.68. The maximum atomic E-state index is 13.1. The zero-order chi connectivity index (χ0) is 11.6. The molecule has 1 rings (SSSR count). The molecule has 0 heterocycles. The number of aryl methyl sites for hydroxylation is 1. The van der Waals surface area contributed by atoms with Crippen LogP contribution in [0, 0.1) is 12.7 Å². The Balaban J connectivity index is 3.28. The minimum absolute atomic E-state index is 0.0295.